The Morgan fingerprint density at radius 1 is 1.00 bits per heavy atom. The molecule has 36 heavy (non-hydrogen) atoms. The number of imide groups is 1. The number of pyridine rings is 1. The largest absolute Gasteiger partial charge is 0.322 e. The highest BCUT2D eigenvalue weighted by Crippen LogP contribution is 2.32. The van der Waals surface area contributed by atoms with E-state index in [4.69, 9.17) is 11.6 Å². The molecule has 2 saturated heterocycles. The van der Waals surface area contributed by atoms with Crippen LogP contribution in [0.15, 0.2) is 60.8 Å². The first-order valence-electron chi connectivity index (χ1n) is 12.2. The molecule has 0 radical (unpaired) electrons. The van der Waals surface area contributed by atoms with Crippen molar-refractivity contribution in [3.8, 4) is 11.3 Å². The molecule has 3 amide bonds. The minimum atomic E-state index is -0.610. The van der Waals surface area contributed by atoms with Crippen LogP contribution in [0.5, 0.6) is 0 Å². The number of rotatable bonds is 5. The monoisotopic (exact) mass is 500 g/mol. The molecule has 0 bridgehead atoms. The molecule has 2 fully saturated rings. The number of carbonyl (C=O) groups excluding carboxylic acids is 3. The van der Waals surface area contributed by atoms with Crippen molar-refractivity contribution < 1.29 is 14.4 Å². The molecule has 182 valence electrons. The fourth-order valence-corrected chi connectivity index (χ4v) is 5.49. The van der Waals surface area contributed by atoms with Gasteiger partial charge in [-0.2, -0.15) is 0 Å². The minimum absolute atomic E-state index is 0.166. The second-order valence-corrected chi connectivity index (χ2v) is 10.2. The van der Waals surface area contributed by atoms with Crippen LogP contribution in [-0.2, 0) is 22.7 Å². The van der Waals surface area contributed by atoms with E-state index >= 15 is 0 Å². The molecule has 1 N–H and O–H groups in total. The number of hydrogen-bond acceptors (Lipinski definition) is 5. The van der Waals surface area contributed by atoms with E-state index in [-0.39, 0.29) is 18.2 Å². The summed E-state index contributed by atoms with van der Waals surface area (Å²) in [7, 11) is 0. The van der Waals surface area contributed by atoms with Gasteiger partial charge in [0, 0.05) is 60.9 Å². The standard InChI is InChI=1S/C28H25ClN4O3/c29-22-4-1-18(2-5-22)21-14-32(15-21)13-17-9-10-30-24(11-17)19-3-6-23-20(12-19)16-33(28(23)36)25-7-8-26(34)31-27(25)35/h1-6,9-12,21,25H,7-8,13-16H2,(H,31,34,35). The number of carbonyl (C=O) groups is 3. The lowest BCUT2D eigenvalue weighted by molar-refractivity contribution is -0.136. The summed E-state index contributed by atoms with van der Waals surface area (Å²) in [5, 5.41) is 3.11. The van der Waals surface area contributed by atoms with Gasteiger partial charge in [0.25, 0.3) is 5.91 Å². The third-order valence-corrected chi connectivity index (χ3v) is 7.60. The van der Waals surface area contributed by atoms with Crippen molar-refractivity contribution in [3.05, 3.63) is 88.1 Å². The maximum Gasteiger partial charge on any atom is 0.255 e. The first-order valence-corrected chi connectivity index (χ1v) is 12.5. The van der Waals surface area contributed by atoms with Crippen LogP contribution in [0.1, 0.15) is 45.8 Å². The molecule has 0 spiro atoms. The van der Waals surface area contributed by atoms with Gasteiger partial charge in [0.15, 0.2) is 0 Å². The molecular formula is C28H25ClN4O3. The van der Waals surface area contributed by atoms with Crippen LogP contribution in [0, 0.1) is 0 Å². The van der Waals surface area contributed by atoms with Crippen LogP contribution < -0.4 is 5.32 Å². The average molecular weight is 501 g/mol. The van der Waals surface area contributed by atoms with E-state index in [2.05, 4.69) is 33.4 Å². The molecule has 7 nitrogen and oxygen atoms in total. The molecule has 4 heterocycles. The third kappa shape index (κ3) is 4.29. The molecular weight excluding hydrogens is 476 g/mol. The minimum Gasteiger partial charge on any atom is -0.322 e. The molecule has 0 saturated carbocycles. The molecule has 6 rings (SSSR count). The number of hydrogen-bond donors (Lipinski definition) is 1. The summed E-state index contributed by atoms with van der Waals surface area (Å²) < 4.78 is 0. The topological polar surface area (TPSA) is 82.6 Å². The Morgan fingerprint density at radius 3 is 2.58 bits per heavy atom. The fraction of sp³-hybridized carbons (Fsp3) is 0.286. The number of likely N-dealkylation sites (tertiary alicyclic amines) is 1. The molecule has 1 unspecified atom stereocenters. The van der Waals surface area contributed by atoms with Crippen molar-refractivity contribution >= 4 is 29.3 Å². The molecule has 3 aromatic rings. The summed E-state index contributed by atoms with van der Waals surface area (Å²) in [4.78, 5) is 45.3. The summed E-state index contributed by atoms with van der Waals surface area (Å²) in [5.74, 6) is -0.315. The number of amides is 3. The highest BCUT2D eigenvalue weighted by molar-refractivity contribution is 6.30. The Balaban J connectivity index is 1.13. The second kappa shape index (κ2) is 9.15. The predicted molar refractivity (Wildman–Crippen MR) is 135 cm³/mol. The van der Waals surface area contributed by atoms with E-state index in [1.54, 1.807) is 4.90 Å². The van der Waals surface area contributed by atoms with Crippen LogP contribution in [0.25, 0.3) is 11.3 Å². The van der Waals surface area contributed by atoms with Crippen LogP contribution in [0.4, 0.5) is 0 Å². The SMILES string of the molecule is O=C1CCC(N2Cc3cc(-c4cc(CN5CC(c6ccc(Cl)cc6)C5)ccn4)ccc3C2=O)C(=O)N1. The van der Waals surface area contributed by atoms with Gasteiger partial charge < -0.3 is 4.90 Å². The lowest BCUT2D eigenvalue weighted by Crippen LogP contribution is -2.52. The summed E-state index contributed by atoms with van der Waals surface area (Å²) >= 11 is 6.01. The van der Waals surface area contributed by atoms with Crippen LogP contribution >= 0.6 is 11.6 Å². The lowest BCUT2D eigenvalue weighted by atomic mass is 9.91. The van der Waals surface area contributed by atoms with Crippen molar-refractivity contribution in [2.45, 2.75) is 37.9 Å². The summed E-state index contributed by atoms with van der Waals surface area (Å²) in [6.45, 7) is 3.23. The van der Waals surface area contributed by atoms with Gasteiger partial charge in [-0.05, 0) is 59.5 Å². The zero-order valence-electron chi connectivity index (χ0n) is 19.6. The van der Waals surface area contributed by atoms with Gasteiger partial charge in [0.2, 0.25) is 11.8 Å². The number of benzene rings is 2. The second-order valence-electron chi connectivity index (χ2n) is 9.76. The van der Waals surface area contributed by atoms with Crippen molar-refractivity contribution in [2.75, 3.05) is 13.1 Å². The molecule has 1 atom stereocenters. The zero-order valence-corrected chi connectivity index (χ0v) is 20.4. The van der Waals surface area contributed by atoms with Gasteiger partial charge in [0.05, 0.1) is 5.69 Å². The lowest BCUT2D eigenvalue weighted by Gasteiger charge is -2.39. The Kier molecular flexibility index (Phi) is 5.82. The quantitative estimate of drug-likeness (QED) is 0.539. The van der Waals surface area contributed by atoms with E-state index < -0.39 is 11.9 Å². The Hall–Kier alpha value is -3.55. The first kappa shape index (κ1) is 22.9. The Labute approximate surface area is 214 Å². The van der Waals surface area contributed by atoms with E-state index in [9.17, 15) is 14.4 Å². The molecule has 3 aliphatic heterocycles. The summed E-state index contributed by atoms with van der Waals surface area (Å²) in [6, 6.07) is 17.4. The zero-order chi connectivity index (χ0) is 24.8. The van der Waals surface area contributed by atoms with Gasteiger partial charge in [-0.15, -0.1) is 0 Å². The van der Waals surface area contributed by atoms with Crippen molar-refractivity contribution in [1.82, 2.24) is 20.1 Å². The van der Waals surface area contributed by atoms with Crippen molar-refractivity contribution in [2.24, 2.45) is 0 Å². The number of aromatic nitrogens is 1. The molecule has 0 aliphatic carbocycles. The smallest absolute Gasteiger partial charge is 0.255 e. The van der Waals surface area contributed by atoms with Gasteiger partial charge >= 0.3 is 0 Å². The molecule has 3 aliphatic rings. The number of nitrogens with zero attached hydrogens (tertiary/aromatic N) is 3. The van der Waals surface area contributed by atoms with E-state index in [1.165, 1.54) is 11.1 Å². The number of piperidine rings is 1. The average Bonchev–Trinajstić information content (AvgIpc) is 3.17. The van der Waals surface area contributed by atoms with E-state index in [0.717, 1.165) is 41.5 Å². The summed E-state index contributed by atoms with van der Waals surface area (Å²) in [6.07, 6.45) is 2.43. The number of fused-ring (bicyclic) bond motifs is 1. The van der Waals surface area contributed by atoms with Crippen LogP contribution in [0.2, 0.25) is 5.02 Å². The van der Waals surface area contributed by atoms with Gasteiger partial charge in [-0.1, -0.05) is 29.8 Å². The highest BCUT2D eigenvalue weighted by Gasteiger charge is 2.39. The maximum absolute atomic E-state index is 13.0. The molecule has 8 heteroatoms. The fourth-order valence-electron chi connectivity index (χ4n) is 5.37. The molecule has 1 aromatic heterocycles. The van der Waals surface area contributed by atoms with Crippen molar-refractivity contribution in [3.63, 3.8) is 0 Å². The first-order chi connectivity index (χ1) is 17.4. The predicted octanol–water partition coefficient (Wildman–Crippen LogP) is 3.76. The Morgan fingerprint density at radius 2 is 1.81 bits per heavy atom. The highest BCUT2D eigenvalue weighted by atomic mass is 35.5. The third-order valence-electron chi connectivity index (χ3n) is 7.35. The van der Waals surface area contributed by atoms with Crippen molar-refractivity contribution in [1.29, 1.82) is 0 Å². The van der Waals surface area contributed by atoms with E-state index in [0.29, 0.717) is 24.4 Å². The van der Waals surface area contributed by atoms with Crippen LogP contribution in [0.3, 0.4) is 0 Å². The van der Waals surface area contributed by atoms with Gasteiger partial charge in [0.1, 0.15) is 6.04 Å². The molecule has 2 aromatic carbocycles. The van der Waals surface area contributed by atoms with E-state index in [1.807, 2.05) is 42.6 Å². The Bertz CT molecular complexity index is 1370. The van der Waals surface area contributed by atoms with Gasteiger partial charge in [-0.25, -0.2) is 0 Å². The normalized spacial score (nSPS) is 20.3. The number of halogens is 1. The maximum atomic E-state index is 13.0. The summed E-state index contributed by atoms with van der Waals surface area (Å²) in [5.41, 5.74) is 5.80. The van der Waals surface area contributed by atoms with Crippen LogP contribution in [-0.4, -0.2) is 51.6 Å². The van der Waals surface area contributed by atoms with Gasteiger partial charge in [-0.3, -0.25) is 29.6 Å². The number of nitrogens with one attached hydrogen (secondary N) is 1.